The summed E-state index contributed by atoms with van der Waals surface area (Å²) in [5, 5.41) is 2.83. The molecule has 1 aromatic carbocycles. The van der Waals surface area contributed by atoms with Crippen LogP contribution in [0.25, 0.3) is 0 Å². The van der Waals surface area contributed by atoms with E-state index in [1.54, 1.807) is 9.80 Å². The molecule has 6 nitrogen and oxygen atoms in total. The maximum Gasteiger partial charge on any atom is 0.411 e. The Labute approximate surface area is 110 Å². The van der Waals surface area contributed by atoms with E-state index in [2.05, 4.69) is 5.32 Å². The number of nitrogens with zero attached hydrogens (tertiary/aromatic N) is 2. The Morgan fingerprint density at radius 2 is 2.05 bits per heavy atom. The van der Waals surface area contributed by atoms with Gasteiger partial charge in [-0.25, -0.2) is 9.59 Å². The van der Waals surface area contributed by atoms with Gasteiger partial charge >= 0.3 is 12.1 Å². The first-order chi connectivity index (χ1) is 9.25. The number of cyclic esters (lactones) is 1. The molecular weight excluding hydrogens is 246 g/mol. The lowest BCUT2D eigenvalue weighted by Crippen LogP contribution is -2.55. The summed E-state index contributed by atoms with van der Waals surface area (Å²) in [6.07, 6.45) is 0.167. The fraction of sp³-hybridized carbons (Fsp3) is 0.385. The van der Waals surface area contributed by atoms with Gasteiger partial charge in [-0.3, -0.25) is 4.90 Å². The lowest BCUT2D eigenvalue weighted by atomic mass is 10.2. The van der Waals surface area contributed by atoms with Crippen molar-refractivity contribution in [1.29, 1.82) is 0 Å². The molecule has 0 spiro atoms. The number of urea groups is 1. The number of carbonyl (C=O) groups is 2. The maximum absolute atomic E-state index is 12.2. The third kappa shape index (κ3) is 2.21. The number of ether oxygens (including phenoxy) is 1. The lowest BCUT2D eigenvalue weighted by molar-refractivity contribution is 0.0874. The van der Waals surface area contributed by atoms with Crippen LogP contribution in [-0.2, 0) is 4.74 Å². The zero-order valence-corrected chi connectivity index (χ0v) is 10.4. The fourth-order valence-corrected chi connectivity index (χ4v) is 2.45. The molecule has 0 bridgehead atoms. The molecule has 1 atom stereocenters. The Hall–Kier alpha value is -2.24. The number of rotatable bonds is 1. The summed E-state index contributed by atoms with van der Waals surface area (Å²) in [6.45, 7) is 1.54. The number of hydrogen-bond donors (Lipinski definition) is 1. The molecule has 1 N–H and O–H groups in total. The van der Waals surface area contributed by atoms with E-state index >= 15 is 0 Å². The maximum atomic E-state index is 12.2. The average Bonchev–Trinajstić information content (AvgIpc) is 2.82. The summed E-state index contributed by atoms with van der Waals surface area (Å²) < 4.78 is 5.00. The number of fused-ring (bicyclic) bond motifs is 1. The molecule has 0 unspecified atom stereocenters. The molecule has 0 aromatic heterocycles. The van der Waals surface area contributed by atoms with Crippen LogP contribution in [0, 0.1) is 0 Å². The van der Waals surface area contributed by atoms with Crippen molar-refractivity contribution >= 4 is 17.8 Å². The number of carbonyl (C=O) groups excluding carboxylic acids is 2. The van der Waals surface area contributed by atoms with E-state index in [0.717, 1.165) is 12.1 Å². The van der Waals surface area contributed by atoms with Gasteiger partial charge in [0.15, 0.2) is 0 Å². The fourth-order valence-electron chi connectivity index (χ4n) is 2.45. The third-order valence-corrected chi connectivity index (χ3v) is 3.39. The van der Waals surface area contributed by atoms with Crippen LogP contribution in [0.15, 0.2) is 30.3 Å². The molecule has 19 heavy (non-hydrogen) atoms. The molecule has 2 aliphatic rings. The molecule has 2 aliphatic heterocycles. The van der Waals surface area contributed by atoms with Crippen LogP contribution in [0.4, 0.5) is 15.3 Å². The van der Waals surface area contributed by atoms with E-state index < -0.39 is 0 Å². The van der Waals surface area contributed by atoms with Gasteiger partial charge in [0.2, 0.25) is 0 Å². The normalized spacial score (nSPS) is 21.9. The van der Waals surface area contributed by atoms with Crippen LogP contribution in [-0.4, -0.2) is 47.8 Å². The van der Waals surface area contributed by atoms with Crippen molar-refractivity contribution in [2.75, 3.05) is 25.0 Å². The van der Waals surface area contributed by atoms with Gasteiger partial charge in [0.1, 0.15) is 12.8 Å². The number of nitrogens with one attached hydrogen (secondary N) is 1. The van der Waals surface area contributed by atoms with E-state index in [-0.39, 0.29) is 24.9 Å². The minimum atomic E-state index is -0.331. The summed E-state index contributed by atoms with van der Waals surface area (Å²) in [5.74, 6) is 0. The van der Waals surface area contributed by atoms with Crippen LogP contribution in [0.5, 0.6) is 0 Å². The highest BCUT2D eigenvalue weighted by Crippen LogP contribution is 2.22. The first-order valence-corrected chi connectivity index (χ1v) is 6.32. The Morgan fingerprint density at radius 3 is 2.84 bits per heavy atom. The van der Waals surface area contributed by atoms with Crippen molar-refractivity contribution in [2.45, 2.75) is 12.6 Å². The van der Waals surface area contributed by atoms with E-state index in [1.807, 2.05) is 30.3 Å². The van der Waals surface area contributed by atoms with Gasteiger partial charge in [0, 0.05) is 18.8 Å². The van der Waals surface area contributed by atoms with Crippen molar-refractivity contribution in [3.8, 4) is 0 Å². The van der Waals surface area contributed by atoms with E-state index in [4.69, 9.17) is 4.74 Å². The highest BCUT2D eigenvalue weighted by Gasteiger charge is 2.41. The molecule has 100 valence electrons. The number of para-hydroxylation sites is 1. The summed E-state index contributed by atoms with van der Waals surface area (Å²) >= 11 is 0. The second kappa shape index (κ2) is 4.79. The standard InChI is InChI=1S/C13H15N3O3/c17-12(14-10-5-2-1-3-6-10)15-7-4-8-16-11(15)9-19-13(16)18/h1-3,5-6,11H,4,7-9H2,(H,14,17)/t11-/m1/s1. The molecule has 1 aromatic rings. The first kappa shape index (κ1) is 11.8. The van der Waals surface area contributed by atoms with E-state index in [1.165, 1.54) is 0 Å². The Morgan fingerprint density at radius 1 is 1.26 bits per heavy atom. The molecule has 2 heterocycles. The Kier molecular flexibility index (Phi) is 2.98. The van der Waals surface area contributed by atoms with Gasteiger partial charge in [0.05, 0.1) is 0 Å². The number of amides is 3. The predicted molar refractivity (Wildman–Crippen MR) is 68.6 cm³/mol. The van der Waals surface area contributed by atoms with Crippen molar-refractivity contribution in [3.05, 3.63) is 30.3 Å². The van der Waals surface area contributed by atoms with Crippen LogP contribution in [0.1, 0.15) is 6.42 Å². The van der Waals surface area contributed by atoms with Crippen LogP contribution >= 0.6 is 0 Å². The van der Waals surface area contributed by atoms with Crippen LogP contribution in [0.2, 0.25) is 0 Å². The van der Waals surface area contributed by atoms with Crippen LogP contribution in [0.3, 0.4) is 0 Å². The van der Waals surface area contributed by atoms with Gasteiger partial charge in [-0.05, 0) is 18.6 Å². The average molecular weight is 261 g/mol. The largest absolute Gasteiger partial charge is 0.445 e. The molecule has 2 fully saturated rings. The minimum absolute atomic E-state index is 0.195. The number of hydrogen-bond acceptors (Lipinski definition) is 3. The monoisotopic (exact) mass is 261 g/mol. The molecule has 6 heteroatoms. The number of benzene rings is 1. The van der Waals surface area contributed by atoms with E-state index in [9.17, 15) is 9.59 Å². The highest BCUT2D eigenvalue weighted by molar-refractivity contribution is 5.90. The quantitative estimate of drug-likeness (QED) is 0.837. The molecular formula is C13H15N3O3. The van der Waals surface area contributed by atoms with Crippen molar-refractivity contribution < 1.29 is 14.3 Å². The van der Waals surface area contributed by atoms with Crippen molar-refractivity contribution in [1.82, 2.24) is 9.80 Å². The molecule has 0 aliphatic carbocycles. The van der Waals surface area contributed by atoms with Gasteiger partial charge in [0.25, 0.3) is 0 Å². The third-order valence-electron chi connectivity index (χ3n) is 3.39. The Balaban J connectivity index is 1.71. The van der Waals surface area contributed by atoms with Gasteiger partial charge in [-0.2, -0.15) is 0 Å². The Bertz CT molecular complexity index is 491. The molecule has 3 rings (SSSR count). The molecule has 3 amide bonds. The van der Waals surface area contributed by atoms with Crippen molar-refractivity contribution in [2.24, 2.45) is 0 Å². The summed E-state index contributed by atoms with van der Waals surface area (Å²) in [4.78, 5) is 27.0. The van der Waals surface area contributed by atoms with E-state index in [0.29, 0.717) is 13.1 Å². The zero-order valence-electron chi connectivity index (χ0n) is 10.4. The summed E-state index contributed by atoms with van der Waals surface area (Å²) in [5.41, 5.74) is 0.745. The summed E-state index contributed by atoms with van der Waals surface area (Å²) in [7, 11) is 0. The SMILES string of the molecule is O=C(Nc1ccccc1)N1CCCN2C(=O)OC[C@H]12. The lowest BCUT2D eigenvalue weighted by Gasteiger charge is -2.37. The highest BCUT2D eigenvalue weighted by atomic mass is 16.6. The molecule has 0 saturated carbocycles. The second-order valence-electron chi connectivity index (χ2n) is 4.59. The van der Waals surface area contributed by atoms with Gasteiger partial charge in [-0.15, -0.1) is 0 Å². The van der Waals surface area contributed by atoms with Crippen molar-refractivity contribution in [3.63, 3.8) is 0 Å². The smallest absolute Gasteiger partial charge is 0.411 e. The zero-order chi connectivity index (χ0) is 13.2. The minimum Gasteiger partial charge on any atom is -0.445 e. The summed E-state index contributed by atoms with van der Waals surface area (Å²) in [6, 6.07) is 9.08. The predicted octanol–water partition coefficient (Wildman–Crippen LogP) is 1.70. The van der Waals surface area contributed by atoms with Crippen LogP contribution < -0.4 is 5.32 Å². The first-order valence-electron chi connectivity index (χ1n) is 6.32. The second-order valence-corrected chi connectivity index (χ2v) is 4.59. The molecule has 2 saturated heterocycles. The molecule has 0 radical (unpaired) electrons. The number of anilines is 1. The topological polar surface area (TPSA) is 61.9 Å². The van der Waals surface area contributed by atoms with Gasteiger partial charge in [-0.1, -0.05) is 18.2 Å². The van der Waals surface area contributed by atoms with Gasteiger partial charge < -0.3 is 15.0 Å².